The van der Waals surface area contributed by atoms with Crippen LogP contribution in [0.1, 0.15) is 36.8 Å². The van der Waals surface area contributed by atoms with Gasteiger partial charge in [0.05, 0.1) is 5.54 Å². The summed E-state index contributed by atoms with van der Waals surface area (Å²) >= 11 is 0. The molecule has 0 spiro atoms. The Morgan fingerprint density at radius 2 is 1.81 bits per heavy atom. The number of hydrogen-bond donors (Lipinski definition) is 2. The summed E-state index contributed by atoms with van der Waals surface area (Å²) in [5.74, 6) is 0.207. The smallest absolute Gasteiger partial charge is 0.254 e. The molecule has 21 heavy (non-hydrogen) atoms. The summed E-state index contributed by atoms with van der Waals surface area (Å²) in [5.41, 5.74) is 0.0483. The van der Waals surface area contributed by atoms with E-state index in [1.165, 1.54) is 0 Å². The van der Waals surface area contributed by atoms with Crippen molar-refractivity contribution in [1.29, 1.82) is 0 Å². The first-order valence-corrected chi connectivity index (χ1v) is 7.04. The minimum atomic E-state index is -1.17. The predicted molar refractivity (Wildman–Crippen MR) is 77.1 cm³/mol. The lowest BCUT2D eigenvalue weighted by molar-refractivity contribution is -0.133. The highest BCUT2D eigenvalue weighted by Gasteiger charge is 2.43. The minimum absolute atomic E-state index is 0.409. The molecular weight excluding hydrogens is 266 g/mol. The van der Waals surface area contributed by atoms with Crippen LogP contribution in [-0.2, 0) is 10.3 Å². The van der Waals surface area contributed by atoms with Gasteiger partial charge in [0.1, 0.15) is 0 Å². The first-order valence-electron chi connectivity index (χ1n) is 7.04. The lowest BCUT2D eigenvalue weighted by Crippen LogP contribution is -2.53. The molecule has 1 heterocycles. The number of hydrogen-bond acceptors (Lipinski definition) is 4. The molecule has 1 atom stereocenters. The van der Waals surface area contributed by atoms with Crippen LogP contribution in [-0.4, -0.2) is 21.0 Å². The lowest BCUT2D eigenvalue weighted by atomic mass is 9.75. The van der Waals surface area contributed by atoms with E-state index in [4.69, 9.17) is 0 Å². The second kappa shape index (κ2) is 5.61. The van der Waals surface area contributed by atoms with Gasteiger partial charge in [0.25, 0.3) is 5.91 Å². The molecule has 1 aromatic heterocycles. The van der Waals surface area contributed by atoms with Crippen LogP contribution < -0.4 is 5.32 Å². The zero-order valence-electron chi connectivity index (χ0n) is 11.6. The van der Waals surface area contributed by atoms with Crippen LogP contribution in [0.4, 0.5) is 0 Å². The number of aliphatic hydroxyl groups is 1. The van der Waals surface area contributed by atoms with Gasteiger partial charge in [0.2, 0.25) is 0 Å². The van der Waals surface area contributed by atoms with E-state index < -0.39 is 17.6 Å². The molecule has 0 radical (unpaired) electrons. The highest BCUT2D eigenvalue weighted by atomic mass is 16.3. The molecule has 0 aliphatic heterocycles. The average molecular weight is 283 g/mol. The second-order valence-electron chi connectivity index (χ2n) is 5.31. The molecule has 0 unspecified atom stereocenters. The van der Waals surface area contributed by atoms with Crippen molar-refractivity contribution < 1.29 is 9.90 Å². The molecule has 2 aromatic rings. The normalized spacial score (nSPS) is 17.6. The van der Waals surface area contributed by atoms with Gasteiger partial charge in [0.15, 0.2) is 11.9 Å². The molecule has 1 saturated carbocycles. The predicted octanol–water partition coefficient (Wildman–Crippen LogP) is 1.71. The third kappa shape index (κ3) is 2.64. The van der Waals surface area contributed by atoms with Gasteiger partial charge in [-0.05, 0) is 30.9 Å². The monoisotopic (exact) mass is 283 g/mol. The van der Waals surface area contributed by atoms with E-state index in [0.717, 1.165) is 19.3 Å². The topological polar surface area (TPSA) is 75.1 Å². The van der Waals surface area contributed by atoms with Gasteiger partial charge in [-0.2, -0.15) is 0 Å². The van der Waals surface area contributed by atoms with Gasteiger partial charge in [-0.3, -0.25) is 4.79 Å². The van der Waals surface area contributed by atoms with E-state index in [1.54, 1.807) is 42.7 Å². The van der Waals surface area contributed by atoms with E-state index in [1.807, 2.05) is 6.07 Å². The SMILES string of the molecule is O=C(NC1(c2ncccn2)CCC1)[C@@H](O)c1ccccc1. The number of amides is 1. The zero-order chi connectivity index (χ0) is 14.7. The Bertz CT molecular complexity index is 612. The fourth-order valence-corrected chi connectivity index (χ4v) is 2.57. The quantitative estimate of drug-likeness (QED) is 0.895. The van der Waals surface area contributed by atoms with Crippen molar-refractivity contribution in [3.63, 3.8) is 0 Å². The summed E-state index contributed by atoms with van der Waals surface area (Å²) in [6.07, 6.45) is 4.77. The first kappa shape index (κ1) is 13.7. The fraction of sp³-hybridized carbons (Fsp3) is 0.312. The van der Waals surface area contributed by atoms with E-state index in [-0.39, 0.29) is 0 Å². The molecule has 5 nitrogen and oxygen atoms in total. The van der Waals surface area contributed by atoms with Crippen LogP contribution in [0.25, 0.3) is 0 Å². The van der Waals surface area contributed by atoms with E-state index >= 15 is 0 Å². The zero-order valence-corrected chi connectivity index (χ0v) is 11.6. The molecule has 2 N–H and O–H groups in total. The molecule has 108 valence electrons. The van der Waals surface area contributed by atoms with Crippen molar-refractivity contribution in [3.8, 4) is 0 Å². The Balaban J connectivity index is 1.77. The van der Waals surface area contributed by atoms with Gasteiger partial charge < -0.3 is 10.4 Å². The summed E-state index contributed by atoms with van der Waals surface area (Å²) in [5, 5.41) is 13.1. The Labute approximate surface area is 123 Å². The van der Waals surface area contributed by atoms with Crippen molar-refractivity contribution in [1.82, 2.24) is 15.3 Å². The summed E-state index contributed by atoms with van der Waals surface area (Å²) in [6.45, 7) is 0. The van der Waals surface area contributed by atoms with Crippen LogP contribution >= 0.6 is 0 Å². The molecule has 1 aliphatic rings. The second-order valence-corrected chi connectivity index (χ2v) is 5.31. The van der Waals surface area contributed by atoms with Crippen LogP contribution in [0.2, 0.25) is 0 Å². The van der Waals surface area contributed by atoms with Gasteiger partial charge in [-0.25, -0.2) is 9.97 Å². The third-order valence-corrected chi connectivity index (χ3v) is 3.93. The maximum absolute atomic E-state index is 12.3. The number of carbonyl (C=O) groups excluding carboxylic acids is 1. The first-order chi connectivity index (χ1) is 10.2. The molecule has 0 saturated heterocycles. The number of benzene rings is 1. The minimum Gasteiger partial charge on any atom is -0.378 e. The lowest BCUT2D eigenvalue weighted by Gasteiger charge is -2.41. The van der Waals surface area contributed by atoms with Gasteiger partial charge in [0, 0.05) is 12.4 Å². The molecular formula is C16H17N3O2. The number of aromatic nitrogens is 2. The standard InChI is InChI=1S/C16H17N3O2/c20-13(12-6-2-1-3-7-12)14(21)19-16(8-4-9-16)15-17-10-5-11-18-15/h1-3,5-7,10-11,13,20H,4,8-9H2,(H,19,21)/t13-/m0/s1. The summed E-state index contributed by atoms with van der Waals surface area (Å²) in [4.78, 5) is 20.8. The van der Waals surface area contributed by atoms with E-state index in [2.05, 4.69) is 15.3 Å². The van der Waals surface area contributed by atoms with Crippen molar-refractivity contribution in [3.05, 3.63) is 60.2 Å². The van der Waals surface area contributed by atoms with Crippen LogP contribution in [0.15, 0.2) is 48.8 Å². The van der Waals surface area contributed by atoms with Gasteiger partial charge >= 0.3 is 0 Å². The average Bonchev–Trinajstić information content (AvgIpc) is 2.51. The summed E-state index contributed by atoms with van der Waals surface area (Å²) in [6, 6.07) is 10.7. The Hall–Kier alpha value is -2.27. The van der Waals surface area contributed by atoms with Crippen LogP contribution in [0.3, 0.4) is 0 Å². The third-order valence-electron chi connectivity index (χ3n) is 3.93. The molecule has 1 aromatic carbocycles. The molecule has 1 fully saturated rings. The number of nitrogens with zero attached hydrogens (tertiary/aromatic N) is 2. The number of aliphatic hydroxyl groups excluding tert-OH is 1. The molecule has 5 heteroatoms. The number of carbonyl (C=O) groups is 1. The van der Waals surface area contributed by atoms with Gasteiger partial charge in [-0.15, -0.1) is 0 Å². The van der Waals surface area contributed by atoms with Gasteiger partial charge in [-0.1, -0.05) is 30.3 Å². The highest BCUT2D eigenvalue weighted by molar-refractivity contribution is 5.82. The summed E-state index contributed by atoms with van der Waals surface area (Å²) in [7, 11) is 0. The number of nitrogens with one attached hydrogen (secondary N) is 1. The number of rotatable bonds is 4. The van der Waals surface area contributed by atoms with Crippen molar-refractivity contribution in [2.75, 3.05) is 0 Å². The fourth-order valence-electron chi connectivity index (χ4n) is 2.57. The van der Waals surface area contributed by atoms with Crippen molar-refractivity contribution in [2.45, 2.75) is 30.9 Å². The van der Waals surface area contributed by atoms with Crippen molar-refractivity contribution in [2.24, 2.45) is 0 Å². The Morgan fingerprint density at radius 3 is 2.38 bits per heavy atom. The van der Waals surface area contributed by atoms with E-state index in [0.29, 0.717) is 11.4 Å². The van der Waals surface area contributed by atoms with Crippen LogP contribution in [0, 0.1) is 0 Å². The largest absolute Gasteiger partial charge is 0.378 e. The van der Waals surface area contributed by atoms with Crippen molar-refractivity contribution >= 4 is 5.91 Å². The highest BCUT2D eigenvalue weighted by Crippen LogP contribution is 2.39. The maximum atomic E-state index is 12.3. The molecule has 1 aliphatic carbocycles. The molecule has 1 amide bonds. The van der Waals surface area contributed by atoms with Crippen LogP contribution in [0.5, 0.6) is 0 Å². The van der Waals surface area contributed by atoms with E-state index in [9.17, 15) is 9.90 Å². The Morgan fingerprint density at radius 1 is 1.14 bits per heavy atom. The Kier molecular flexibility index (Phi) is 3.66. The molecule has 3 rings (SSSR count). The maximum Gasteiger partial charge on any atom is 0.254 e. The molecule has 0 bridgehead atoms. The summed E-state index contributed by atoms with van der Waals surface area (Å²) < 4.78 is 0.